The van der Waals surface area contributed by atoms with Crippen molar-refractivity contribution in [1.82, 2.24) is 13.6 Å². The molecule has 0 saturated carbocycles. The first-order valence-electron chi connectivity index (χ1n) is 9.72. The van der Waals surface area contributed by atoms with Crippen LogP contribution in [0.25, 0.3) is 10.2 Å². The molecule has 0 aliphatic carbocycles. The lowest BCUT2D eigenvalue weighted by molar-refractivity contribution is -0.127. The van der Waals surface area contributed by atoms with Crippen LogP contribution >= 0.6 is 23.1 Å². The highest BCUT2D eigenvalue weighted by atomic mass is 32.2. The van der Waals surface area contributed by atoms with Crippen molar-refractivity contribution in [3.8, 4) is 0 Å². The summed E-state index contributed by atoms with van der Waals surface area (Å²) in [6.07, 6.45) is 0.493. The molecular formula is C21H23N3O3S3. The second-order valence-corrected chi connectivity index (χ2v) is 11.6. The Kier molecular flexibility index (Phi) is 6.15. The van der Waals surface area contributed by atoms with Crippen molar-refractivity contribution in [2.75, 3.05) is 5.88 Å². The molecule has 1 aliphatic heterocycles. The molecule has 158 valence electrons. The quantitative estimate of drug-likeness (QED) is 0.489. The number of fused-ring (bicyclic) bond motifs is 1. The SMILES string of the molecule is CC(C)CC1C(=O)N(CSc2nc3ccccc3s2)S(=O)(=O)N1Cc1ccccc1. The normalized spacial score (nSPS) is 19.2. The number of amides is 1. The molecule has 2 heterocycles. The van der Waals surface area contributed by atoms with Crippen molar-refractivity contribution >= 4 is 49.4 Å². The van der Waals surface area contributed by atoms with Crippen LogP contribution in [-0.4, -0.2) is 39.8 Å². The van der Waals surface area contributed by atoms with Gasteiger partial charge in [-0.3, -0.25) is 4.79 Å². The smallest absolute Gasteiger partial charge is 0.272 e. The van der Waals surface area contributed by atoms with E-state index in [0.29, 0.717) is 6.42 Å². The van der Waals surface area contributed by atoms with Gasteiger partial charge in [-0.15, -0.1) is 11.3 Å². The van der Waals surface area contributed by atoms with Crippen molar-refractivity contribution in [3.05, 3.63) is 60.2 Å². The Morgan fingerprint density at radius 1 is 1.10 bits per heavy atom. The van der Waals surface area contributed by atoms with Gasteiger partial charge in [0.05, 0.1) is 16.1 Å². The second-order valence-electron chi connectivity index (χ2n) is 7.59. The predicted molar refractivity (Wildman–Crippen MR) is 121 cm³/mol. The molecule has 0 spiro atoms. The molecule has 1 atom stereocenters. The Hall–Kier alpha value is -1.94. The van der Waals surface area contributed by atoms with E-state index in [-0.39, 0.29) is 24.2 Å². The van der Waals surface area contributed by atoms with E-state index in [1.807, 2.05) is 68.4 Å². The Morgan fingerprint density at radius 2 is 1.80 bits per heavy atom. The highest BCUT2D eigenvalue weighted by Gasteiger charge is 2.50. The summed E-state index contributed by atoms with van der Waals surface area (Å²) in [4.78, 5) is 17.7. The molecule has 0 N–H and O–H groups in total. The summed E-state index contributed by atoms with van der Waals surface area (Å²) < 4.78 is 30.7. The maximum absolute atomic E-state index is 13.3. The topological polar surface area (TPSA) is 70.6 Å². The van der Waals surface area contributed by atoms with Crippen LogP contribution in [0, 0.1) is 5.92 Å². The molecule has 0 bridgehead atoms. The molecule has 1 aliphatic rings. The number of hydrogen-bond donors (Lipinski definition) is 0. The molecular weight excluding hydrogens is 438 g/mol. The van der Waals surface area contributed by atoms with Crippen LogP contribution in [0.2, 0.25) is 0 Å². The van der Waals surface area contributed by atoms with Crippen LogP contribution in [0.1, 0.15) is 25.8 Å². The van der Waals surface area contributed by atoms with Gasteiger partial charge in [-0.1, -0.05) is 68.1 Å². The summed E-state index contributed by atoms with van der Waals surface area (Å²) in [5.41, 5.74) is 1.74. The van der Waals surface area contributed by atoms with E-state index < -0.39 is 16.3 Å². The average molecular weight is 462 g/mol. The lowest BCUT2D eigenvalue weighted by Gasteiger charge is -2.21. The fraction of sp³-hybridized carbons (Fsp3) is 0.333. The van der Waals surface area contributed by atoms with Gasteiger partial charge in [-0.25, -0.2) is 9.29 Å². The first-order valence-corrected chi connectivity index (χ1v) is 12.9. The van der Waals surface area contributed by atoms with Crippen LogP contribution in [-0.2, 0) is 21.5 Å². The molecule has 4 rings (SSSR count). The van der Waals surface area contributed by atoms with Gasteiger partial charge in [0, 0.05) is 6.54 Å². The number of thioether (sulfide) groups is 1. The van der Waals surface area contributed by atoms with Gasteiger partial charge in [0.1, 0.15) is 6.04 Å². The first kappa shape index (κ1) is 21.3. The van der Waals surface area contributed by atoms with Gasteiger partial charge in [0.2, 0.25) is 0 Å². The summed E-state index contributed by atoms with van der Waals surface area (Å²) >= 11 is 2.79. The Balaban J connectivity index is 1.58. The summed E-state index contributed by atoms with van der Waals surface area (Å²) in [5, 5.41) is 0. The number of nitrogens with zero attached hydrogens (tertiary/aromatic N) is 3. The third kappa shape index (κ3) is 4.25. The monoisotopic (exact) mass is 461 g/mol. The van der Waals surface area contributed by atoms with Gasteiger partial charge < -0.3 is 0 Å². The van der Waals surface area contributed by atoms with E-state index in [1.54, 1.807) is 0 Å². The zero-order valence-electron chi connectivity index (χ0n) is 16.8. The van der Waals surface area contributed by atoms with Crippen molar-refractivity contribution in [2.45, 2.75) is 37.2 Å². The molecule has 0 radical (unpaired) electrons. The van der Waals surface area contributed by atoms with Crippen molar-refractivity contribution in [2.24, 2.45) is 5.92 Å². The highest BCUT2D eigenvalue weighted by Crippen LogP contribution is 2.35. The van der Waals surface area contributed by atoms with E-state index >= 15 is 0 Å². The number of thiazole rings is 1. The van der Waals surface area contributed by atoms with E-state index in [4.69, 9.17) is 0 Å². The lowest BCUT2D eigenvalue weighted by Crippen LogP contribution is -2.36. The summed E-state index contributed by atoms with van der Waals surface area (Å²) in [6, 6.07) is 16.5. The standard InChI is InChI=1S/C21H23N3O3S3/c1-15(2)12-18-20(25)24(14-28-21-22-17-10-6-7-11-19(17)29-21)30(26,27)23(18)13-16-8-4-3-5-9-16/h3-11,15,18H,12-14H2,1-2H3. The summed E-state index contributed by atoms with van der Waals surface area (Å²) in [5.74, 6) is -0.126. The lowest BCUT2D eigenvalue weighted by atomic mass is 10.0. The fourth-order valence-corrected chi connectivity index (χ4v) is 7.45. The first-order chi connectivity index (χ1) is 14.4. The van der Waals surface area contributed by atoms with Crippen LogP contribution in [0.5, 0.6) is 0 Å². The zero-order chi connectivity index (χ0) is 21.3. The minimum absolute atomic E-state index is 0.0286. The van der Waals surface area contributed by atoms with E-state index in [9.17, 15) is 13.2 Å². The molecule has 9 heteroatoms. The van der Waals surface area contributed by atoms with Crippen molar-refractivity contribution in [1.29, 1.82) is 0 Å². The summed E-state index contributed by atoms with van der Waals surface area (Å²) in [7, 11) is -3.90. The van der Waals surface area contributed by atoms with Crippen LogP contribution < -0.4 is 0 Å². The molecule has 1 fully saturated rings. The third-order valence-corrected chi connectivity index (χ3v) is 9.07. The zero-order valence-corrected chi connectivity index (χ0v) is 19.2. The number of carbonyl (C=O) groups is 1. The van der Waals surface area contributed by atoms with Crippen LogP contribution in [0.3, 0.4) is 0 Å². The predicted octanol–water partition coefficient (Wildman–Crippen LogP) is 4.35. The Labute approximate surface area is 185 Å². The molecule has 30 heavy (non-hydrogen) atoms. The van der Waals surface area contributed by atoms with E-state index in [0.717, 1.165) is 24.4 Å². The second kappa shape index (κ2) is 8.66. The molecule has 3 aromatic rings. The number of aromatic nitrogens is 1. The van der Waals surface area contributed by atoms with Gasteiger partial charge in [-0.2, -0.15) is 12.7 Å². The molecule has 1 unspecified atom stereocenters. The maximum atomic E-state index is 13.3. The molecule has 6 nitrogen and oxygen atoms in total. The molecule has 1 aromatic heterocycles. The Bertz CT molecular complexity index is 1110. The van der Waals surface area contributed by atoms with Crippen LogP contribution in [0.15, 0.2) is 58.9 Å². The van der Waals surface area contributed by atoms with Gasteiger partial charge in [0.25, 0.3) is 5.91 Å². The van der Waals surface area contributed by atoms with Crippen molar-refractivity contribution < 1.29 is 13.2 Å². The maximum Gasteiger partial charge on any atom is 0.308 e. The van der Waals surface area contributed by atoms with Gasteiger partial charge in [0.15, 0.2) is 4.34 Å². The van der Waals surface area contributed by atoms with Gasteiger partial charge >= 0.3 is 10.2 Å². The third-order valence-electron chi connectivity index (χ3n) is 4.91. The number of rotatable bonds is 7. The van der Waals surface area contributed by atoms with Crippen molar-refractivity contribution in [3.63, 3.8) is 0 Å². The molecule has 1 saturated heterocycles. The van der Waals surface area contributed by atoms with E-state index in [2.05, 4.69) is 4.98 Å². The Morgan fingerprint density at radius 3 is 2.50 bits per heavy atom. The number of para-hydroxylation sites is 1. The largest absolute Gasteiger partial charge is 0.308 e. The van der Waals surface area contributed by atoms with Gasteiger partial charge in [-0.05, 0) is 30.0 Å². The van der Waals surface area contributed by atoms with E-state index in [1.165, 1.54) is 27.4 Å². The fourth-order valence-electron chi connectivity index (χ4n) is 3.47. The number of hydrogen-bond acceptors (Lipinski definition) is 6. The molecule has 1 amide bonds. The molecule has 2 aromatic carbocycles. The average Bonchev–Trinajstić information content (AvgIpc) is 3.20. The minimum Gasteiger partial charge on any atom is -0.272 e. The highest BCUT2D eigenvalue weighted by molar-refractivity contribution is 8.01. The number of carbonyl (C=O) groups excluding carboxylic acids is 1. The minimum atomic E-state index is -3.90. The number of benzene rings is 2. The van der Waals surface area contributed by atoms with Crippen LogP contribution in [0.4, 0.5) is 0 Å². The summed E-state index contributed by atoms with van der Waals surface area (Å²) in [6.45, 7) is 4.19.